The summed E-state index contributed by atoms with van der Waals surface area (Å²) in [5.41, 5.74) is 0. The second-order valence-electron chi connectivity index (χ2n) is 4.21. The Labute approximate surface area is 101 Å². The maximum Gasteiger partial charge on any atom is 0.128 e. The van der Waals surface area contributed by atoms with Gasteiger partial charge >= 0.3 is 0 Å². The van der Waals surface area contributed by atoms with Gasteiger partial charge in [0.1, 0.15) is 23.8 Å². The van der Waals surface area contributed by atoms with E-state index in [-0.39, 0.29) is 18.0 Å². The van der Waals surface area contributed by atoms with E-state index in [9.17, 15) is 4.39 Å². The van der Waals surface area contributed by atoms with Gasteiger partial charge in [0, 0.05) is 19.6 Å². The van der Waals surface area contributed by atoms with Gasteiger partial charge < -0.3 is 14.8 Å². The molecule has 0 bridgehead atoms. The normalized spacial score (nSPS) is 27.6. The highest BCUT2D eigenvalue weighted by Gasteiger charge is 2.42. The molecule has 1 N–H and O–H groups in total. The van der Waals surface area contributed by atoms with Crippen LogP contribution in [-0.2, 0) is 4.74 Å². The van der Waals surface area contributed by atoms with E-state index in [4.69, 9.17) is 9.47 Å². The number of hydrogen-bond acceptors (Lipinski definition) is 3. The van der Waals surface area contributed by atoms with Crippen molar-refractivity contribution in [3.05, 3.63) is 30.1 Å². The van der Waals surface area contributed by atoms with Crippen molar-refractivity contribution in [2.75, 3.05) is 13.7 Å². The van der Waals surface area contributed by atoms with Crippen LogP contribution < -0.4 is 10.1 Å². The van der Waals surface area contributed by atoms with Gasteiger partial charge in [-0.1, -0.05) is 6.92 Å². The van der Waals surface area contributed by atoms with Gasteiger partial charge in [0.05, 0.1) is 0 Å². The highest BCUT2D eigenvalue weighted by atomic mass is 19.1. The van der Waals surface area contributed by atoms with Crippen LogP contribution in [0, 0.1) is 5.82 Å². The maximum absolute atomic E-state index is 12.7. The van der Waals surface area contributed by atoms with Crippen LogP contribution in [0.2, 0.25) is 0 Å². The zero-order chi connectivity index (χ0) is 12.3. The van der Waals surface area contributed by atoms with Crippen LogP contribution in [0.4, 0.5) is 4.39 Å². The molecule has 1 aliphatic carbocycles. The molecule has 3 nitrogen and oxygen atoms in total. The minimum Gasteiger partial charge on any atom is -0.488 e. The quantitative estimate of drug-likeness (QED) is 0.852. The first kappa shape index (κ1) is 12.3. The summed E-state index contributed by atoms with van der Waals surface area (Å²) in [7, 11) is 1.69. The molecule has 1 saturated carbocycles. The molecule has 3 atom stereocenters. The van der Waals surface area contributed by atoms with Crippen LogP contribution in [0.1, 0.15) is 13.3 Å². The summed E-state index contributed by atoms with van der Waals surface area (Å²) in [6.45, 7) is 2.99. The Balaban J connectivity index is 1.90. The third kappa shape index (κ3) is 2.76. The first-order valence-corrected chi connectivity index (χ1v) is 5.93. The highest BCUT2D eigenvalue weighted by molar-refractivity contribution is 5.23. The topological polar surface area (TPSA) is 30.5 Å². The van der Waals surface area contributed by atoms with Crippen LogP contribution >= 0.6 is 0 Å². The highest BCUT2D eigenvalue weighted by Crippen LogP contribution is 2.28. The van der Waals surface area contributed by atoms with Crippen molar-refractivity contribution in [2.45, 2.75) is 31.6 Å². The van der Waals surface area contributed by atoms with Gasteiger partial charge in [-0.15, -0.1) is 0 Å². The van der Waals surface area contributed by atoms with Crippen molar-refractivity contribution < 1.29 is 13.9 Å². The first-order valence-electron chi connectivity index (χ1n) is 5.93. The molecule has 4 heteroatoms. The predicted molar refractivity (Wildman–Crippen MR) is 63.7 cm³/mol. The summed E-state index contributed by atoms with van der Waals surface area (Å²) in [5.74, 6) is 0.438. The molecule has 17 heavy (non-hydrogen) atoms. The molecule has 0 radical (unpaired) electrons. The Hall–Kier alpha value is -1.13. The molecule has 0 aliphatic heterocycles. The van der Waals surface area contributed by atoms with Crippen molar-refractivity contribution >= 4 is 0 Å². The van der Waals surface area contributed by atoms with Crippen molar-refractivity contribution in [1.82, 2.24) is 5.32 Å². The Kier molecular flexibility index (Phi) is 3.97. The fourth-order valence-electron chi connectivity index (χ4n) is 2.16. The standard InChI is InChI=1S/C13H18FNO2/c1-3-15-11-8-12(13(11)16-2)17-10-6-4-9(14)5-7-10/h4-7,11-13,15H,3,8H2,1-2H3. The predicted octanol–water partition coefficient (Wildman–Crippen LogP) is 1.97. The molecule has 1 aromatic carbocycles. The van der Waals surface area contributed by atoms with E-state index < -0.39 is 0 Å². The Morgan fingerprint density at radius 1 is 1.35 bits per heavy atom. The van der Waals surface area contributed by atoms with Crippen molar-refractivity contribution in [2.24, 2.45) is 0 Å². The number of rotatable bonds is 5. The molecule has 0 saturated heterocycles. The summed E-state index contributed by atoms with van der Waals surface area (Å²) in [4.78, 5) is 0. The number of ether oxygens (including phenoxy) is 2. The number of nitrogens with one attached hydrogen (secondary N) is 1. The van der Waals surface area contributed by atoms with E-state index in [1.54, 1.807) is 19.2 Å². The van der Waals surface area contributed by atoms with Crippen LogP contribution in [0.3, 0.4) is 0 Å². The second-order valence-corrected chi connectivity index (χ2v) is 4.21. The van der Waals surface area contributed by atoms with E-state index in [1.165, 1.54) is 12.1 Å². The zero-order valence-electron chi connectivity index (χ0n) is 10.2. The second kappa shape index (κ2) is 5.47. The fourth-order valence-corrected chi connectivity index (χ4v) is 2.16. The zero-order valence-corrected chi connectivity index (χ0v) is 10.2. The number of hydrogen-bond donors (Lipinski definition) is 1. The van der Waals surface area contributed by atoms with Crippen molar-refractivity contribution in [1.29, 1.82) is 0 Å². The average Bonchev–Trinajstić information content (AvgIpc) is 2.30. The first-order chi connectivity index (χ1) is 8.24. The van der Waals surface area contributed by atoms with Gasteiger partial charge in [-0.2, -0.15) is 0 Å². The van der Waals surface area contributed by atoms with Gasteiger partial charge in [0.2, 0.25) is 0 Å². The molecule has 0 aromatic heterocycles. The number of benzene rings is 1. The van der Waals surface area contributed by atoms with E-state index >= 15 is 0 Å². The molecular formula is C13H18FNO2. The molecule has 1 aromatic rings. The lowest BCUT2D eigenvalue weighted by Gasteiger charge is -2.43. The van der Waals surface area contributed by atoms with Crippen molar-refractivity contribution in [3.8, 4) is 5.75 Å². The van der Waals surface area contributed by atoms with Crippen LogP contribution in [-0.4, -0.2) is 31.9 Å². The molecule has 1 fully saturated rings. The third-order valence-corrected chi connectivity index (χ3v) is 3.09. The maximum atomic E-state index is 12.7. The van der Waals surface area contributed by atoms with E-state index in [1.807, 2.05) is 0 Å². The molecule has 0 heterocycles. The van der Waals surface area contributed by atoms with E-state index in [2.05, 4.69) is 12.2 Å². The Morgan fingerprint density at radius 3 is 2.65 bits per heavy atom. The van der Waals surface area contributed by atoms with Gasteiger partial charge in [-0.05, 0) is 30.8 Å². The lowest BCUT2D eigenvalue weighted by molar-refractivity contribution is -0.0884. The van der Waals surface area contributed by atoms with Gasteiger partial charge in [-0.25, -0.2) is 4.39 Å². The van der Waals surface area contributed by atoms with Gasteiger partial charge in [0.25, 0.3) is 0 Å². The number of methoxy groups -OCH3 is 1. The number of halogens is 1. The van der Waals surface area contributed by atoms with Gasteiger partial charge in [0.15, 0.2) is 0 Å². The molecule has 0 spiro atoms. The summed E-state index contributed by atoms with van der Waals surface area (Å²) in [6, 6.07) is 6.44. The molecule has 0 amide bonds. The monoisotopic (exact) mass is 239 g/mol. The van der Waals surface area contributed by atoms with Gasteiger partial charge in [-0.3, -0.25) is 0 Å². The van der Waals surface area contributed by atoms with E-state index in [0.29, 0.717) is 11.8 Å². The van der Waals surface area contributed by atoms with Crippen LogP contribution in [0.25, 0.3) is 0 Å². The third-order valence-electron chi connectivity index (χ3n) is 3.09. The summed E-state index contributed by atoms with van der Waals surface area (Å²) < 4.78 is 23.9. The molecule has 94 valence electrons. The van der Waals surface area contributed by atoms with Crippen LogP contribution in [0.15, 0.2) is 24.3 Å². The molecule has 3 unspecified atom stereocenters. The largest absolute Gasteiger partial charge is 0.488 e. The minimum absolute atomic E-state index is 0.0505. The van der Waals surface area contributed by atoms with Crippen molar-refractivity contribution in [3.63, 3.8) is 0 Å². The summed E-state index contributed by atoms with van der Waals surface area (Å²) >= 11 is 0. The lowest BCUT2D eigenvalue weighted by atomic mass is 9.85. The summed E-state index contributed by atoms with van der Waals surface area (Å²) in [5, 5.41) is 3.34. The van der Waals surface area contributed by atoms with Crippen LogP contribution in [0.5, 0.6) is 5.75 Å². The Bertz CT molecular complexity index is 355. The molecule has 2 rings (SSSR count). The van der Waals surface area contributed by atoms with E-state index in [0.717, 1.165) is 13.0 Å². The lowest BCUT2D eigenvalue weighted by Crippen LogP contribution is -2.60. The fraction of sp³-hybridized carbons (Fsp3) is 0.538. The molecular weight excluding hydrogens is 221 g/mol. The molecule has 1 aliphatic rings. The minimum atomic E-state index is -0.250. The summed E-state index contributed by atoms with van der Waals surface area (Å²) in [6.07, 6.45) is 1.04. The SMILES string of the molecule is CCNC1CC(Oc2ccc(F)cc2)C1OC. The number of likely N-dealkylation sites (N-methyl/N-ethyl adjacent to an activating group) is 1. The Morgan fingerprint density at radius 2 is 2.06 bits per heavy atom. The average molecular weight is 239 g/mol. The smallest absolute Gasteiger partial charge is 0.128 e.